The Hall–Kier alpha value is -1.55. The molecule has 2 aliphatic rings. The molecule has 114 valence electrons. The summed E-state index contributed by atoms with van der Waals surface area (Å²) < 4.78 is 0. The Bertz CT molecular complexity index is 517. The smallest absolute Gasteiger partial charge is 0.230 e. The summed E-state index contributed by atoms with van der Waals surface area (Å²) in [7, 11) is 2.16. The number of hydrogen-bond donors (Lipinski definition) is 1. The molecule has 1 N–H and O–H groups in total. The average Bonchev–Trinajstić information content (AvgIpc) is 2.54. The largest absolute Gasteiger partial charge is 0.385 e. The molecular weight excluding hydrogens is 262 g/mol. The second-order valence-electron chi connectivity index (χ2n) is 6.18. The topological polar surface area (TPSA) is 35.6 Å². The van der Waals surface area contributed by atoms with Crippen molar-refractivity contribution in [2.24, 2.45) is 0 Å². The Morgan fingerprint density at radius 3 is 2.95 bits per heavy atom. The quantitative estimate of drug-likeness (QED) is 0.905. The first-order valence-electron chi connectivity index (χ1n) is 8.02. The first-order valence-corrected chi connectivity index (χ1v) is 8.02. The van der Waals surface area contributed by atoms with E-state index in [1.807, 2.05) is 12.1 Å². The van der Waals surface area contributed by atoms with Gasteiger partial charge >= 0.3 is 0 Å². The van der Waals surface area contributed by atoms with Crippen LogP contribution in [0, 0.1) is 0 Å². The highest BCUT2D eigenvalue weighted by Gasteiger charge is 2.33. The molecular formula is C17H25N3O. The van der Waals surface area contributed by atoms with Crippen LogP contribution in [0.1, 0.15) is 31.2 Å². The molecule has 1 aromatic carbocycles. The van der Waals surface area contributed by atoms with Gasteiger partial charge in [0, 0.05) is 37.9 Å². The van der Waals surface area contributed by atoms with Gasteiger partial charge in [0.05, 0.1) is 5.92 Å². The number of benzene rings is 1. The van der Waals surface area contributed by atoms with Crippen LogP contribution in [-0.4, -0.2) is 55.0 Å². The number of nitrogens with zero attached hydrogens (tertiary/aromatic N) is 2. The van der Waals surface area contributed by atoms with E-state index in [4.69, 9.17) is 0 Å². The van der Waals surface area contributed by atoms with Crippen molar-refractivity contribution in [3.8, 4) is 0 Å². The van der Waals surface area contributed by atoms with Crippen LogP contribution in [0.5, 0.6) is 0 Å². The third-order valence-electron chi connectivity index (χ3n) is 4.94. The zero-order chi connectivity index (χ0) is 14.8. The minimum absolute atomic E-state index is 0.0309. The van der Waals surface area contributed by atoms with Gasteiger partial charge in [-0.1, -0.05) is 25.1 Å². The standard InChI is InChI=1S/C17H25N3O/c1-3-13-12-20(11-10-19(13)2)17(21)15-8-9-18-16-7-5-4-6-14(15)16/h4-7,13,15,18H,3,8-12H2,1-2H3. The first-order chi connectivity index (χ1) is 10.2. The van der Waals surface area contributed by atoms with Gasteiger partial charge in [-0.05, 0) is 31.5 Å². The van der Waals surface area contributed by atoms with Crippen molar-refractivity contribution in [3.05, 3.63) is 29.8 Å². The number of anilines is 1. The fourth-order valence-corrected chi connectivity index (χ4v) is 3.53. The molecule has 2 aliphatic heterocycles. The van der Waals surface area contributed by atoms with E-state index in [1.165, 1.54) is 5.56 Å². The van der Waals surface area contributed by atoms with Crippen molar-refractivity contribution < 1.29 is 4.79 Å². The second-order valence-corrected chi connectivity index (χ2v) is 6.18. The number of carbonyl (C=O) groups excluding carboxylic acids is 1. The molecule has 0 saturated carbocycles. The average molecular weight is 287 g/mol. The molecule has 4 heteroatoms. The predicted octanol–water partition coefficient (Wildman–Crippen LogP) is 2.14. The van der Waals surface area contributed by atoms with Gasteiger partial charge < -0.3 is 10.2 Å². The van der Waals surface area contributed by atoms with Gasteiger partial charge in [-0.25, -0.2) is 0 Å². The van der Waals surface area contributed by atoms with Crippen LogP contribution >= 0.6 is 0 Å². The molecule has 1 fully saturated rings. The number of fused-ring (bicyclic) bond motifs is 1. The number of nitrogens with one attached hydrogen (secondary N) is 1. The fourth-order valence-electron chi connectivity index (χ4n) is 3.53. The van der Waals surface area contributed by atoms with Crippen molar-refractivity contribution in [1.29, 1.82) is 0 Å². The number of para-hydroxylation sites is 1. The molecule has 0 bridgehead atoms. The van der Waals surface area contributed by atoms with Crippen LogP contribution in [0.2, 0.25) is 0 Å². The van der Waals surface area contributed by atoms with E-state index in [1.54, 1.807) is 0 Å². The van der Waals surface area contributed by atoms with Crippen molar-refractivity contribution in [2.75, 3.05) is 38.5 Å². The molecule has 2 atom stereocenters. The van der Waals surface area contributed by atoms with Gasteiger partial charge in [0.1, 0.15) is 0 Å². The Morgan fingerprint density at radius 2 is 2.14 bits per heavy atom. The molecule has 0 spiro atoms. The molecule has 0 aromatic heterocycles. The highest BCUT2D eigenvalue weighted by Crippen LogP contribution is 2.33. The van der Waals surface area contributed by atoms with Crippen LogP contribution in [0.25, 0.3) is 0 Å². The summed E-state index contributed by atoms with van der Waals surface area (Å²) >= 11 is 0. The first kappa shape index (κ1) is 14.4. The van der Waals surface area contributed by atoms with Gasteiger partial charge in [-0.15, -0.1) is 0 Å². The number of amides is 1. The number of likely N-dealkylation sites (N-methyl/N-ethyl adjacent to an activating group) is 1. The summed E-state index contributed by atoms with van der Waals surface area (Å²) in [6.07, 6.45) is 2.00. The SMILES string of the molecule is CCC1CN(C(=O)C2CCNc3ccccc32)CCN1C. The summed E-state index contributed by atoms with van der Waals surface area (Å²) in [5, 5.41) is 3.40. The summed E-state index contributed by atoms with van der Waals surface area (Å²) in [4.78, 5) is 17.4. The summed E-state index contributed by atoms with van der Waals surface area (Å²) in [5.41, 5.74) is 2.30. The molecule has 1 aromatic rings. The van der Waals surface area contributed by atoms with E-state index in [9.17, 15) is 4.79 Å². The van der Waals surface area contributed by atoms with Crippen molar-refractivity contribution >= 4 is 11.6 Å². The highest BCUT2D eigenvalue weighted by atomic mass is 16.2. The van der Waals surface area contributed by atoms with E-state index in [0.717, 1.165) is 44.7 Å². The Labute approximate surface area is 127 Å². The summed E-state index contributed by atoms with van der Waals surface area (Å²) in [6, 6.07) is 8.73. The molecule has 21 heavy (non-hydrogen) atoms. The number of carbonyl (C=O) groups is 1. The minimum atomic E-state index is 0.0309. The lowest BCUT2D eigenvalue weighted by Crippen LogP contribution is -2.54. The maximum atomic E-state index is 13.0. The predicted molar refractivity (Wildman–Crippen MR) is 85.6 cm³/mol. The molecule has 0 aliphatic carbocycles. The third kappa shape index (κ3) is 2.77. The van der Waals surface area contributed by atoms with Gasteiger partial charge in [0.15, 0.2) is 0 Å². The molecule has 4 nitrogen and oxygen atoms in total. The van der Waals surface area contributed by atoms with E-state index < -0.39 is 0 Å². The lowest BCUT2D eigenvalue weighted by molar-refractivity contribution is -0.135. The Morgan fingerprint density at radius 1 is 1.33 bits per heavy atom. The summed E-state index contributed by atoms with van der Waals surface area (Å²) in [6.45, 7) is 5.81. The second kappa shape index (κ2) is 6.06. The molecule has 2 heterocycles. The monoisotopic (exact) mass is 287 g/mol. The van der Waals surface area contributed by atoms with Gasteiger partial charge in [0.25, 0.3) is 0 Å². The number of rotatable bonds is 2. The molecule has 1 amide bonds. The van der Waals surface area contributed by atoms with Crippen LogP contribution < -0.4 is 5.32 Å². The van der Waals surface area contributed by atoms with Crippen LogP contribution in [0.3, 0.4) is 0 Å². The van der Waals surface area contributed by atoms with Crippen LogP contribution in [0.15, 0.2) is 24.3 Å². The van der Waals surface area contributed by atoms with Gasteiger partial charge in [0.2, 0.25) is 5.91 Å². The maximum Gasteiger partial charge on any atom is 0.230 e. The van der Waals surface area contributed by atoms with Gasteiger partial charge in [-0.2, -0.15) is 0 Å². The zero-order valence-corrected chi connectivity index (χ0v) is 13.0. The van der Waals surface area contributed by atoms with Crippen LogP contribution in [0.4, 0.5) is 5.69 Å². The van der Waals surface area contributed by atoms with Crippen LogP contribution in [-0.2, 0) is 4.79 Å². The molecule has 2 unspecified atom stereocenters. The Kier molecular flexibility index (Phi) is 4.15. The van der Waals surface area contributed by atoms with Gasteiger partial charge in [-0.3, -0.25) is 9.69 Å². The maximum absolute atomic E-state index is 13.0. The molecule has 0 radical (unpaired) electrons. The van der Waals surface area contributed by atoms with Crippen molar-refractivity contribution in [3.63, 3.8) is 0 Å². The summed E-state index contributed by atoms with van der Waals surface area (Å²) in [5.74, 6) is 0.346. The van der Waals surface area contributed by atoms with Crippen molar-refractivity contribution in [1.82, 2.24) is 9.80 Å². The molecule has 1 saturated heterocycles. The van der Waals surface area contributed by atoms with E-state index in [0.29, 0.717) is 11.9 Å². The lowest BCUT2D eigenvalue weighted by Gasteiger charge is -2.41. The zero-order valence-electron chi connectivity index (χ0n) is 13.0. The third-order valence-corrected chi connectivity index (χ3v) is 4.94. The fraction of sp³-hybridized carbons (Fsp3) is 0.588. The van der Waals surface area contributed by atoms with Crippen molar-refractivity contribution in [2.45, 2.75) is 31.7 Å². The minimum Gasteiger partial charge on any atom is -0.385 e. The number of piperazine rings is 1. The number of hydrogen-bond acceptors (Lipinski definition) is 3. The molecule has 3 rings (SSSR count). The van der Waals surface area contributed by atoms with E-state index in [2.05, 4.69) is 41.2 Å². The Balaban J connectivity index is 1.77. The van der Waals surface area contributed by atoms with E-state index >= 15 is 0 Å². The normalized spacial score (nSPS) is 26.1. The lowest BCUT2D eigenvalue weighted by atomic mass is 9.89. The highest BCUT2D eigenvalue weighted by molar-refractivity contribution is 5.86. The van der Waals surface area contributed by atoms with E-state index in [-0.39, 0.29) is 5.92 Å².